The summed E-state index contributed by atoms with van der Waals surface area (Å²) >= 11 is 0. The first-order chi connectivity index (χ1) is 12.6. The molecule has 0 aliphatic rings. The van der Waals surface area contributed by atoms with Crippen molar-refractivity contribution in [2.45, 2.75) is 51.0 Å². The molecule has 2 nitrogen and oxygen atoms in total. The second-order valence-electron chi connectivity index (χ2n) is 6.87. The Bertz CT molecular complexity index is 684. The monoisotopic (exact) mass is 365 g/mol. The molecule has 0 radical (unpaired) electrons. The summed E-state index contributed by atoms with van der Waals surface area (Å²) in [5.74, 6) is 0.179. The van der Waals surface area contributed by atoms with E-state index in [9.17, 15) is 4.79 Å². The molecule has 2 rings (SSSR count). The molecule has 1 N–H and O–H groups in total. The third kappa shape index (κ3) is 5.18. The van der Waals surface area contributed by atoms with Crippen LogP contribution in [0.4, 0.5) is 0 Å². The van der Waals surface area contributed by atoms with Crippen LogP contribution in [0.3, 0.4) is 0 Å². The molecule has 0 fully saturated rings. The molecule has 138 valence electrons. The number of carbonyl (C=O) groups excluding carboxylic acids is 1. The summed E-state index contributed by atoms with van der Waals surface area (Å²) in [5.41, 5.74) is 2.30. The van der Waals surface area contributed by atoms with Crippen LogP contribution >= 0.6 is 0 Å². The first kappa shape index (κ1) is 20.2. The van der Waals surface area contributed by atoms with Gasteiger partial charge in [0, 0.05) is 6.54 Å². The Balaban J connectivity index is 2.21. The van der Waals surface area contributed by atoms with Crippen molar-refractivity contribution < 1.29 is 4.79 Å². The van der Waals surface area contributed by atoms with Crippen molar-refractivity contribution in [3.63, 3.8) is 0 Å². The Morgan fingerprint density at radius 1 is 0.923 bits per heavy atom. The summed E-state index contributed by atoms with van der Waals surface area (Å²) in [6.07, 6.45) is 4.29. The zero-order chi connectivity index (χ0) is 18.8. The molecular formula is C23H31NOSi. The maximum atomic E-state index is 13.1. The Morgan fingerprint density at radius 2 is 1.46 bits per heavy atom. The van der Waals surface area contributed by atoms with E-state index in [-0.39, 0.29) is 11.4 Å². The lowest BCUT2D eigenvalue weighted by Gasteiger charge is -2.34. The van der Waals surface area contributed by atoms with E-state index in [4.69, 9.17) is 0 Å². The van der Waals surface area contributed by atoms with E-state index in [0.29, 0.717) is 6.54 Å². The molecule has 1 atom stereocenters. The molecular weight excluding hydrogens is 334 g/mol. The van der Waals surface area contributed by atoms with Crippen molar-refractivity contribution in [3.05, 3.63) is 77.9 Å². The number of hydrogen-bond acceptors (Lipinski definition) is 1. The van der Waals surface area contributed by atoms with Gasteiger partial charge in [0.1, 0.15) is 0 Å². The van der Waals surface area contributed by atoms with Gasteiger partial charge in [0.15, 0.2) is 0 Å². The van der Waals surface area contributed by atoms with E-state index >= 15 is 0 Å². The van der Waals surface area contributed by atoms with E-state index in [1.54, 1.807) is 0 Å². The second-order valence-corrected chi connectivity index (χ2v) is 12.3. The zero-order valence-corrected chi connectivity index (χ0v) is 17.2. The molecule has 0 spiro atoms. The molecule has 0 aromatic heterocycles. The predicted octanol–water partition coefficient (Wildman–Crippen LogP) is 5.89. The second kappa shape index (κ2) is 10.1. The number of carbonyl (C=O) groups is 1. The number of hydrogen-bond donors (Lipinski definition) is 1. The Hall–Kier alpha value is -2.13. The number of nitrogens with one attached hydrogen (secondary N) is 1. The zero-order valence-electron chi connectivity index (χ0n) is 16.2. The standard InChI is InChI=1S/C23H31NOSi/c1-4-26(5-2,6-3)22(18-17-20-13-9-7-10-14-20)23(25)24-19-21-15-11-8-12-16-21/h7-18,22H,4-6,19H2,1-3H3,(H,24,25)/b18-17+. The molecule has 0 saturated heterocycles. The van der Waals surface area contributed by atoms with Crippen molar-refractivity contribution in [2.24, 2.45) is 0 Å². The highest BCUT2D eigenvalue weighted by molar-refractivity contribution is 6.84. The van der Waals surface area contributed by atoms with Crippen molar-refractivity contribution in [1.82, 2.24) is 5.32 Å². The van der Waals surface area contributed by atoms with Crippen LogP contribution in [0.25, 0.3) is 6.08 Å². The molecule has 0 bridgehead atoms. The van der Waals surface area contributed by atoms with Crippen molar-refractivity contribution >= 4 is 20.1 Å². The van der Waals surface area contributed by atoms with Gasteiger partial charge < -0.3 is 5.32 Å². The molecule has 0 aliphatic carbocycles. The summed E-state index contributed by atoms with van der Waals surface area (Å²) in [7, 11) is -1.70. The Labute approximate surface area is 159 Å². The topological polar surface area (TPSA) is 29.1 Å². The van der Waals surface area contributed by atoms with Crippen LogP contribution in [0.15, 0.2) is 66.7 Å². The van der Waals surface area contributed by atoms with E-state index in [0.717, 1.165) is 29.3 Å². The lowest BCUT2D eigenvalue weighted by molar-refractivity contribution is -0.120. The summed E-state index contributed by atoms with van der Waals surface area (Å²) in [6.45, 7) is 7.37. The van der Waals surface area contributed by atoms with Crippen LogP contribution in [0.2, 0.25) is 23.7 Å². The van der Waals surface area contributed by atoms with Gasteiger partial charge in [-0.25, -0.2) is 0 Å². The van der Waals surface area contributed by atoms with Crippen molar-refractivity contribution in [3.8, 4) is 0 Å². The summed E-state index contributed by atoms with van der Waals surface area (Å²) in [5, 5.41) is 3.19. The SMILES string of the molecule is CC[Si](CC)(CC)C(/C=C/c1ccccc1)C(=O)NCc1ccccc1. The van der Waals surface area contributed by atoms with Crippen LogP contribution in [0, 0.1) is 0 Å². The fraction of sp³-hybridized carbons (Fsp3) is 0.348. The van der Waals surface area contributed by atoms with Gasteiger partial charge >= 0.3 is 0 Å². The minimum atomic E-state index is -1.70. The first-order valence-corrected chi connectivity index (χ1v) is 12.4. The van der Waals surface area contributed by atoms with Crippen LogP contribution in [-0.2, 0) is 11.3 Å². The average Bonchev–Trinajstić information content (AvgIpc) is 2.71. The Kier molecular flexibility index (Phi) is 7.86. The minimum Gasteiger partial charge on any atom is -0.352 e. The van der Waals surface area contributed by atoms with Crippen LogP contribution < -0.4 is 5.32 Å². The van der Waals surface area contributed by atoms with E-state index < -0.39 is 8.07 Å². The maximum Gasteiger partial charge on any atom is 0.224 e. The van der Waals surface area contributed by atoms with Gasteiger partial charge in [-0.3, -0.25) is 4.79 Å². The smallest absolute Gasteiger partial charge is 0.224 e. The third-order valence-electron chi connectivity index (χ3n) is 5.64. The number of amides is 1. The highest BCUT2D eigenvalue weighted by Crippen LogP contribution is 2.35. The molecule has 0 aliphatic heterocycles. The molecule has 2 aromatic carbocycles. The quantitative estimate of drug-likeness (QED) is 0.551. The van der Waals surface area contributed by atoms with E-state index in [1.807, 2.05) is 36.4 Å². The van der Waals surface area contributed by atoms with E-state index in [2.05, 4.69) is 62.5 Å². The van der Waals surface area contributed by atoms with Gasteiger partial charge in [0.2, 0.25) is 5.91 Å². The largest absolute Gasteiger partial charge is 0.352 e. The molecule has 1 amide bonds. The lowest BCUT2D eigenvalue weighted by atomic mass is 10.2. The minimum absolute atomic E-state index is 0.00594. The highest BCUT2D eigenvalue weighted by Gasteiger charge is 2.39. The van der Waals surface area contributed by atoms with Gasteiger partial charge in [-0.15, -0.1) is 0 Å². The summed E-state index contributed by atoms with van der Waals surface area (Å²) in [6, 6.07) is 23.8. The fourth-order valence-corrected chi connectivity index (χ4v) is 7.63. The van der Waals surface area contributed by atoms with Gasteiger partial charge in [-0.2, -0.15) is 0 Å². The van der Waals surface area contributed by atoms with Crippen molar-refractivity contribution in [2.75, 3.05) is 0 Å². The lowest BCUT2D eigenvalue weighted by Crippen LogP contribution is -2.44. The molecule has 3 heteroatoms. The van der Waals surface area contributed by atoms with Gasteiger partial charge in [-0.1, -0.05) is 112 Å². The fourth-order valence-electron chi connectivity index (χ4n) is 3.65. The van der Waals surface area contributed by atoms with Crippen LogP contribution in [0.1, 0.15) is 31.9 Å². The van der Waals surface area contributed by atoms with Crippen LogP contribution in [-0.4, -0.2) is 14.0 Å². The van der Waals surface area contributed by atoms with Crippen molar-refractivity contribution in [1.29, 1.82) is 0 Å². The molecule has 0 heterocycles. The summed E-state index contributed by atoms with van der Waals surface area (Å²) < 4.78 is 0. The number of rotatable bonds is 9. The predicted molar refractivity (Wildman–Crippen MR) is 115 cm³/mol. The van der Waals surface area contributed by atoms with Crippen LogP contribution in [0.5, 0.6) is 0 Å². The summed E-state index contributed by atoms with van der Waals surface area (Å²) in [4.78, 5) is 13.1. The van der Waals surface area contributed by atoms with E-state index in [1.165, 1.54) is 0 Å². The van der Waals surface area contributed by atoms with Gasteiger partial charge in [-0.05, 0) is 11.1 Å². The molecule has 1 unspecified atom stereocenters. The van der Waals surface area contributed by atoms with Gasteiger partial charge in [0.25, 0.3) is 0 Å². The van der Waals surface area contributed by atoms with Gasteiger partial charge in [0.05, 0.1) is 13.6 Å². The molecule has 26 heavy (non-hydrogen) atoms. The molecule has 0 saturated carbocycles. The average molecular weight is 366 g/mol. The first-order valence-electron chi connectivity index (χ1n) is 9.70. The number of benzene rings is 2. The molecule has 2 aromatic rings. The third-order valence-corrected chi connectivity index (χ3v) is 11.6. The Morgan fingerprint density at radius 3 is 2.00 bits per heavy atom. The maximum absolute atomic E-state index is 13.1. The highest BCUT2D eigenvalue weighted by atomic mass is 28.3. The normalized spacial score (nSPS) is 12.9.